The number of thiophene rings is 1. The molecule has 0 saturated carbocycles. The standard InChI is InChI=1S/C50H32N2OS/c1-2-13-31(14-3-1)44-30-45(42-22-12-21-40-38-19-8-10-23-46(38)53-49(40)42)52-50(51-44)41-27-26-37(35-17-6-7-18-36(35)41)34-16-5-4-15-33(34)32-25-28-48-43(29-32)39-20-9-11-24-47(39)54-48/h1-30,44H,(H,51,52). The molecule has 0 amide bonds. The fourth-order valence-corrected chi connectivity index (χ4v) is 9.30. The summed E-state index contributed by atoms with van der Waals surface area (Å²) in [7, 11) is 0. The summed E-state index contributed by atoms with van der Waals surface area (Å²) in [5.74, 6) is 0.834. The third kappa shape index (κ3) is 4.99. The summed E-state index contributed by atoms with van der Waals surface area (Å²) in [6, 6.07) is 62.8. The molecule has 11 rings (SSSR count). The van der Waals surface area contributed by atoms with Crippen LogP contribution in [0.15, 0.2) is 191 Å². The van der Waals surface area contributed by atoms with Crippen molar-refractivity contribution in [3.05, 3.63) is 199 Å². The third-order valence-corrected chi connectivity index (χ3v) is 11.9. The summed E-state index contributed by atoms with van der Waals surface area (Å²) in [5, 5.41) is 11.0. The molecule has 254 valence electrons. The lowest BCUT2D eigenvalue weighted by atomic mass is 9.89. The van der Waals surface area contributed by atoms with E-state index in [9.17, 15) is 0 Å². The van der Waals surface area contributed by atoms with E-state index in [1.165, 1.54) is 53.4 Å². The molecule has 0 fully saturated rings. The van der Waals surface area contributed by atoms with Crippen LogP contribution in [0, 0.1) is 0 Å². The summed E-state index contributed by atoms with van der Waals surface area (Å²) in [6.45, 7) is 0. The number of furan rings is 1. The van der Waals surface area contributed by atoms with Gasteiger partial charge in [0.15, 0.2) is 0 Å². The fraction of sp³-hybridized carbons (Fsp3) is 0.0200. The van der Waals surface area contributed by atoms with Gasteiger partial charge in [-0.1, -0.05) is 146 Å². The summed E-state index contributed by atoms with van der Waals surface area (Å²) in [5.41, 5.74) is 10.7. The number of aliphatic imine (C=N–C) groups is 1. The van der Waals surface area contributed by atoms with Crippen molar-refractivity contribution in [1.82, 2.24) is 5.32 Å². The second-order valence-electron chi connectivity index (χ2n) is 13.9. The molecule has 1 unspecified atom stereocenters. The maximum Gasteiger partial charge on any atom is 0.144 e. The topological polar surface area (TPSA) is 37.5 Å². The molecule has 1 atom stereocenters. The van der Waals surface area contributed by atoms with Gasteiger partial charge in [-0.2, -0.15) is 0 Å². The molecule has 1 aliphatic rings. The van der Waals surface area contributed by atoms with Crippen LogP contribution in [0.25, 0.3) is 80.8 Å². The lowest BCUT2D eigenvalue weighted by molar-refractivity contribution is 0.667. The largest absolute Gasteiger partial charge is 0.455 e. The molecule has 10 aromatic rings. The molecule has 0 bridgehead atoms. The normalized spacial score (nSPS) is 14.5. The van der Waals surface area contributed by atoms with E-state index in [0.717, 1.165) is 50.0 Å². The van der Waals surface area contributed by atoms with Gasteiger partial charge in [0, 0.05) is 42.1 Å². The molecule has 0 aliphatic carbocycles. The smallest absolute Gasteiger partial charge is 0.144 e. The number of para-hydroxylation sites is 2. The first-order chi connectivity index (χ1) is 26.8. The van der Waals surface area contributed by atoms with Crippen LogP contribution >= 0.6 is 11.3 Å². The molecule has 8 aromatic carbocycles. The van der Waals surface area contributed by atoms with Crippen molar-refractivity contribution in [1.29, 1.82) is 0 Å². The zero-order valence-electron chi connectivity index (χ0n) is 29.2. The number of rotatable bonds is 5. The van der Waals surface area contributed by atoms with Crippen LogP contribution in [0.5, 0.6) is 0 Å². The van der Waals surface area contributed by atoms with E-state index in [0.29, 0.717) is 0 Å². The van der Waals surface area contributed by atoms with E-state index in [-0.39, 0.29) is 6.04 Å². The van der Waals surface area contributed by atoms with E-state index in [4.69, 9.17) is 9.41 Å². The Kier molecular flexibility index (Phi) is 7.10. The molecule has 3 nitrogen and oxygen atoms in total. The van der Waals surface area contributed by atoms with Gasteiger partial charge in [-0.3, -0.25) is 0 Å². The Hall–Kier alpha value is -6.75. The Morgan fingerprint density at radius 1 is 0.463 bits per heavy atom. The molecule has 1 aliphatic heterocycles. The number of nitrogens with zero attached hydrogens (tertiary/aromatic N) is 1. The number of fused-ring (bicyclic) bond motifs is 7. The van der Waals surface area contributed by atoms with E-state index < -0.39 is 0 Å². The Bertz CT molecular complexity index is 3150. The second kappa shape index (κ2) is 12.4. The van der Waals surface area contributed by atoms with E-state index in [1.54, 1.807) is 0 Å². The van der Waals surface area contributed by atoms with Gasteiger partial charge in [0.25, 0.3) is 0 Å². The molecule has 1 N–H and O–H groups in total. The SMILES string of the molecule is C1=C(c2cccc3c2oc2ccccc23)N=C(c2ccc(-c3ccccc3-c3ccc4sc5ccccc5c4c3)c3ccccc23)NC1c1ccccc1. The van der Waals surface area contributed by atoms with Crippen LogP contribution in [0.2, 0.25) is 0 Å². The average molecular weight is 709 g/mol. The van der Waals surface area contributed by atoms with E-state index in [2.05, 4.69) is 175 Å². The van der Waals surface area contributed by atoms with Gasteiger partial charge < -0.3 is 9.73 Å². The molecule has 0 radical (unpaired) electrons. The molecular formula is C50H32N2OS. The van der Waals surface area contributed by atoms with Crippen LogP contribution in [0.1, 0.15) is 22.7 Å². The molecule has 4 heteroatoms. The van der Waals surface area contributed by atoms with Gasteiger partial charge in [0.05, 0.1) is 11.7 Å². The maximum atomic E-state index is 6.51. The maximum absolute atomic E-state index is 6.51. The highest BCUT2D eigenvalue weighted by Gasteiger charge is 2.24. The molecular weight excluding hydrogens is 677 g/mol. The summed E-state index contributed by atoms with van der Waals surface area (Å²) in [4.78, 5) is 5.39. The number of amidine groups is 1. The molecule has 0 saturated heterocycles. The van der Waals surface area contributed by atoms with Crippen LogP contribution < -0.4 is 5.32 Å². The average Bonchev–Trinajstić information content (AvgIpc) is 3.82. The van der Waals surface area contributed by atoms with Crippen LogP contribution in [0.4, 0.5) is 0 Å². The van der Waals surface area contributed by atoms with Crippen molar-refractivity contribution in [2.75, 3.05) is 0 Å². The minimum atomic E-state index is -0.0874. The molecule has 3 heterocycles. The highest BCUT2D eigenvalue weighted by Crippen LogP contribution is 2.42. The van der Waals surface area contributed by atoms with Crippen molar-refractivity contribution < 1.29 is 4.42 Å². The fourth-order valence-electron chi connectivity index (χ4n) is 8.22. The van der Waals surface area contributed by atoms with Crippen molar-refractivity contribution in [3.63, 3.8) is 0 Å². The van der Waals surface area contributed by atoms with Crippen molar-refractivity contribution in [2.24, 2.45) is 4.99 Å². The van der Waals surface area contributed by atoms with E-state index >= 15 is 0 Å². The van der Waals surface area contributed by atoms with Crippen molar-refractivity contribution in [2.45, 2.75) is 6.04 Å². The first-order valence-electron chi connectivity index (χ1n) is 18.3. The monoisotopic (exact) mass is 708 g/mol. The predicted molar refractivity (Wildman–Crippen MR) is 228 cm³/mol. The minimum absolute atomic E-state index is 0.0874. The third-order valence-electron chi connectivity index (χ3n) is 10.8. The van der Waals surface area contributed by atoms with Crippen molar-refractivity contribution >= 4 is 75.8 Å². The van der Waals surface area contributed by atoms with Crippen LogP contribution in [-0.4, -0.2) is 5.84 Å². The number of hydrogen-bond acceptors (Lipinski definition) is 4. The van der Waals surface area contributed by atoms with E-state index in [1.807, 2.05) is 23.5 Å². The van der Waals surface area contributed by atoms with Crippen molar-refractivity contribution in [3.8, 4) is 22.3 Å². The van der Waals surface area contributed by atoms with Gasteiger partial charge in [-0.25, -0.2) is 4.99 Å². The highest BCUT2D eigenvalue weighted by atomic mass is 32.1. The molecule has 2 aromatic heterocycles. The summed E-state index contributed by atoms with van der Waals surface area (Å²) in [6.07, 6.45) is 2.22. The Morgan fingerprint density at radius 2 is 1.11 bits per heavy atom. The molecule has 0 spiro atoms. The summed E-state index contributed by atoms with van der Waals surface area (Å²) >= 11 is 1.86. The van der Waals surface area contributed by atoms with Gasteiger partial charge in [0.2, 0.25) is 0 Å². The van der Waals surface area contributed by atoms with Crippen LogP contribution in [0.3, 0.4) is 0 Å². The Morgan fingerprint density at radius 3 is 1.98 bits per heavy atom. The lowest BCUT2D eigenvalue weighted by Gasteiger charge is -2.25. The number of hydrogen-bond donors (Lipinski definition) is 1. The van der Waals surface area contributed by atoms with Gasteiger partial charge >= 0.3 is 0 Å². The predicted octanol–water partition coefficient (Wildman–Crippen LogP) is 13.6. The minimum Gasteiger partial charge on any atom is -0.455 e. The zero-order valence-corrected chi connectivity index (χ0v) is 30.0. The second-order valence-corrected chi connectivity index (χ2v) is 15.0. The lowest BCUT2D eigenvalue weighted by Crippen LogP contribution is -2.31. The Labute approximate surface area is 316 Å². The Balaban J connectivity index is 1.07. The zero-order chi connectivity index (χ0) is 35.6. The van der Waals surface area contributed by atoms with Crippen LogP contribution in [-0.2, 0) is 0 Å². The van der Waals surface area contributed by atoms with Gasteiger partial charge in [-0.05, 0) is 75.0 Å². The quantitative estimate of drug-likeness (QED) is 0.193. The summed E-state index contributed by atoms with van der Waals surface area (Å²) < 4.78 is 9.14. The first-order valence-corrected chi connectivity index (χ1v) is 19.1. The van der Waals surface area contributed by atoms with Gasteiger partial charge in [-0.15, -0.1) is 11.3 Å². The number of nitrogens with one attached hydrogen (secondary N) is 1. The molecule has 54 heavy (non-hydrogen) atoms. The first kappa shape index (κ1) is 30.8. The highest BCUT2D eigenvalue weighted by molar-refractivity contribution is 7.25. The van der Waals surface area contributed by atoms with Gasteiger partial charge in [0.1, 0.15) is 17.0 Å². The number of benzene rings is 8.